The summed E-state index contributed by atoms with van der Waals surface area (Å²) >= 11 is 1.62. The minimum absolute atomic E-state index is 0.0935. The summed E-state index contributed by atoms with van der Waals surface area (Å²) in [6.07, 6.45) is 1.87. The van der Waals surface area contributed by atoms with Gasteiger partial charge in [0.25, 0.3) is 5.56 Å². The van der Waals surface area contributed by atoms with Crippen molar-refractivity contribution in [2.45, 2.75) is 82.7 Å². The highest BCUT2D eigenvalue weighted by Gasteiger charge is 2.34. The van der Waals surface area contributed by atoms with Crippen LogP contribution in [0, 0.1) is 5.82 Å². The number of ether oxygens (including phenoxy) is 1. The summed E-state index contributed by atoms with van der Waals surface area (Å²) in [6.45, 7) is 9.48. The van der Waals surface area contributed by atoms with Crippen LogP contribution in [0.25, 0.3) is 22.3 Å². The molecule has 0 spiro atoms. The molecule has 2 aliphatic rings. The number of hydrogen-bond donors (Lipinski definition) is 2. The third-order valence-electron chi connectivity index (χ3n) is 8.87. The lowest BCUT2D eigenvalue weighted by Gasteiger charge is -2.38. The number of amides is 1. The summed E-state index contributed by atoms with van der Waals surface area (Å²) in [4.78, 5) is 36.7. The molecule has 2 aromatic carbocycles. The van der Waals surface area contributed by atoms with Gasteiger partial charge in [-0.1, -0.05) is 36.4 Å². The standard InChI is InChI=1S/C35H42FN7O4S/c1-22-31(48-21-39-22)25-10-11-26(27(36)16-25)18-42-14-12-35(46,13-15-42)19-43-20-38-28-29(32(43)44)40-41(5)30(28)24-8-6-23(7-9-24)17-37-33(45)47-34(2,3)4/h6-11,16,20-22,31,46H,12-15,17-19H2,1-5H3,(H,37,45). The average molecular weight is 676 g/mol. The van der Waals surface area contributed by atoms with Gasteiger partial charge in [-0.15, -0.1) is 11.8 Å². The second kappa shape index (κ2) is 13.4. The quantitative estimate of drug-likeness (QED) is 0.261. The maximum Gasteiger partial charge on any atom is 0.407 e. The van der Waals surface area contributed by atoms with Crippen molar-refractivity contribution in [1.82, 2.24) is 29.5 Å². The monoisotopic (exact) mass is 675 g/mol. The Morgan fingerprint density at radius 3 is 2.52 bits per heavy atom. The SMILES string of the molecule is CC1N=CSC1c1ccc(CN2CCC(O)(Cn3cnc4c(-c5ccc(CNC(=O)OC(C)(C)C)cc5)n(C)nc4c3=O)CC2)c(F)c1. The zero-order valence-corrected chi connectivity index (χ0v) is 28.8. The van der Waals surface area contributed by atoms with Crippen molar-refractivity contribution >= 4 is 34.4 Å². The molecule has 11 nitrogen and oxygen atoms in total. The summed E-state index contributed by atoms with van der Waals surface area (Å²) in [5.74, 6) is -0.222. The number of aromatic nitrogens is 4. The van der Waals surface area contributed by atoms with Gasteiger partial charge in [0.05, 0.1) is 41.0 Å². The smallest absolute Gasteiger partial charge is 0.407 e. The molecule has 4 heterocycles. The van der Waals surface area contributed by atoms with Crippen molar-refractivity contribution < 1.29 is 19.0 Å². The van der Waals surface area contributed by atoms with E-state index in [1.807, 2.05) is 69.6 Å². The molecule has 2 unspecified atom stereocenters. The van der Waals surface area contributed by atoms with Crippen LogP contribution in [-0.2, 0) is 31.4 Å². The van der Waals surface area contributed by atoms with Crippen molar-refractivity contribution in [3.05, 3.63) is 81.7 Å². The lowest BCUT2D eigenvalue weighted by Crippen LogP contribution is -2.47. The number of rotatable bonds is 8. The van der Waals surface area contributed by atoms with E-state index in [-0.39, 0.29) is 34.7 Å². The lowest BCUT2D eigenvalue weighted by molar-refractivity contribution is -0.0366. The van der Waals surface area contributed by atoms with E-state index >= 15 is 4.39 Å². The molecule has 2 aromatic heterocycles. The maximum absolute atomic E-state index is 15.1. The molecule has 2 atom stereocenters. The van der Waals surface area contributed by atoms with Crippen LogP contribution in [0.4, 0.5) is 9.18 Å². The molecule has 4 aromatic rings. The normalized spacial score (nSPS) is 19.6. The topological polar surface area (TPSA) is 127 Å². The molecule has 0 radical (unpaired) electrons. The van der Waals surface area contributed by atoms with Crippen LogP contribution in [0.1, 0.15) is 62.5 Å². The number of nitrogens with one attached hydrogen (secondary N) is 1. The van der Waals surface area contributed by atoms with Gasteiger partial charge in [0.2, 0.25) is 0 Å². The first-order valence-electron chi connectivity index (χ1n) is 16.2. The number of alkyl carbamates (subject to hydrolysis) is 1. The Bertz CT molecular complexity index is 1890. The zero-order valence-electron chi connectivity index (χ0n) is 27.9. The highest BCUT2D eigenvalue weighted by Crippen LogP contribution is 2.37. The number of thioether (sulfide) groups is 1. The summed E-state index contributed by atoms with van der Waals surface area (Å²) in [7, 11) is 1.76. The number of aryl methyl sites for hydroxylation is 1. The molecular formula is C35H42FN7O4S. The number of aliphatic hydroxyl groups is 1. The van der Waals surface area contributed by atoms with Gasteiger partial charge in [0.15, 0.2) is 5.52 Å². The largest absolute Gasteiger partial charge is 0.444 e. The Morgan fingerprint density at radius 1 is 1.15 bits per heavy atom. The van der Waals surface area contributed by atoms with E-state index in [0.29, 0.717) is 55.8 Å². The number of piperidine rings is 1. The van der Waals surface area contributed by atoms with Crippen LogP contribution >= 0.6 is 11.8 Å². The maximum atomic E-state index is 15.1. The van der Waals surface area contributed by atoms with E-state index in [1.165, 1.54) is 10.9 Å². The van der Waals surface area contributed by atoms with E-state index < -0.39 is 17.3 Å². The minimum atomic E-state index is -1.10. The van der Waals surface area contributed by atoms with Crippen molar-refractivity contribution in [2.24, 2.45) is 12.0 Å². The molecule has 6 rings (SSSR count). The van der Waals surface area contributed by atoms with Crippen molar-refractivity contribution in [2.75, 3.05) is 13.1 Å². The van der Waals surface area contributed by atoms with Gasteiger partial charge in [-0.05, 0) is 57.7 Å². The van der Waals surface area contributed by atoms with Gasteiger partial charge in [-0.2, -0.15) is 5.10 Å². The zero-order chi connectivity index (χ0) is 34.2. The molecule has 1 saturated heterocycles. The fourth-order valence-electron chi connectivity index (χ4n) is 6.26. The molecule has 2 aliphatic heterocycles. The van der Waals surface area contributed by atoms with Crippen molar-refractivity contribution in [3.63, 3.8) is 0 Å². The van der Waals surface area contributed by atoms with Crippen molar-refractivity contribution in [3.8, 4) is 11.3 Å². The predicted molar refractivity (Wildman–Crippen MR) is 185 cm³/mol. The fraction of sp³-hybridized carbons (Fsp3) is 0.457. The van der Waals surface area contributed by atoms with Crippen LogP contribution < -0.4 is 10.9 Å². The van der Waals surface area contributed by atoms with E-state index in [4.69, 9.17) is 4.74 Å². The summed E-state index contributed by atoms with van der Waals surface area (Å²) in [6, 6.07) is 13.2. The molecule has 0 bridgehead atoms. The van der Waals surface area contributed by atoms with Gasteiger partial charge >= 0.3 is 6.09 Å². The second-order valence-electron chi connectivity index (χ2n) is 13.8. The van der Waals surface area contributed by atoms with Gasteiger partial charge < -0.3 is 15.2 Å². The number of nitrogens with zero attached hydrogens (tertiary/aromatic N) is 6. The summed E-state index contributed by atoms with van der Waals surface area (Å²) < 4.78 is 23.4. The number of benzene rings is 2. The van der Waals surface area contributed by atoms with Gasteiger partial charge in [0.1, 0.15) is 16.9 Å². The number of hydrogen-bond acceptors (Lipinski definition) is 9. The molecule has 13 heteroatoms. The fourth-order valence-corrected chi connectivity index (χ4v) is 7.25. The number of aliphatic imine (C=N–C) groups is 1. The molecule has 254 valence electrons. The van der Waals surface area contributed by atoms with Crippen LogP contribution in [0.2, 0.25) is 0 Å². The van der Waals surface area contributed by atoms with E-state index in [9.17, 15) is 14.7 Å². The van der Waals surface area contributed by atoms with Gasteiger partial charge in [0, 0.05) is 44.4 Å². The number of halogens is 1. The molecule has 1 amide bonds. The Morgan fingerprint density at radius 2 is 1.88 bits per heavy atom. The number of carbonyl (C=O) groups is 1. The predicted octanol–water partition coefficient (Wildman–Crippen LogP) is 5.19. The van der Waals surface area contributed by atoms with E-state index in [2.05, 4.69) is 25.3 Å². The number of likely N-dealkylation sites (tertiary alicyclic amines) is 1. The number of fused-ring (bicyclic) bond motifs is 1. The Hall–Kier alpha value is -4.07. The number of carbonyl (C=O) groups excluding carboxylic acids is 1. The third-order valence-corrected chi connectivity index (χ3v) is 10.1. The Balaban J connectivity index is 1.09. The van der Waals surface area contributed by atoms with Gasteiger partial charge in [-0.3, -0.25) is 23.9 Å². The van der Waals surface area contributed by atoms with Crippen LogP contribution in [0.15, 0.2) is 58.6 Å². The molecule has 0 aliphatic carbocycles. The molecule has 48 heavy (non-hydrogen) atoms. The first-order valence-corrected chi connectivity index (χ1v) is 17.1. The lowest BCUT2D eigenvalue weighted by atomic mass is 9.91. The van der Waals surface area contributed by atoms with Crippen LogP contribution in [0.3, 0.4) is 0 Å². The van der Waals surface area contributed by atoms with Crippen LogP contribution in [-0.4, -0.2) is 71.3 Å². The third kappa shape index (κ3) is 7.48. The van der Waals surface area contributed by atoms with Gasteiger partial charge in [-0.25, -0.2) is 14.2 Å². The summed E-state index contributed by atoms with van der Waals surface area (Å²) in [5, 5.41) is 18.9. The molecule has 2 N–H and O–H groups in total. The first-order chi connectivity index (χ1) is 22.8. The minimum Gasteiger partial charge on any atom is -0.444 e. The van der Waals surface area contributed by atoms with E-state index in [1.54, 1.807) is 29.6 Å². The molecule has 1 fully saturated rings. The average Bonchev–Trinajstić information content (AvgIpc) is 3.61. The van der Waals surface area contributed by atoms with Crippen molar-refractivity contribution in [1.29, 1.82) is 0 Å². The Labute approximate surface area is 283 Å². The van der Waals surface area contributed by atoms with E-state index in [0.717, 1.165) is 16.7 Å². The molecule has 0 saturated carbocycles. The first kappa shape index (κ1) is 33.8. The highest BCUT2D eigenvalue weighted by atomic mass is 32.2. The molecular weight excluding hydrogens is 633 g/mol. The summed E-state index contributed by atoms with van der Waals surface area (Å²) in [5.41, 5.74) is 4.51. The highest BCUT2D eigenvalue weighted by molar-refractivity contribution is 8.12. The second-order valence-corrected chi connectivity index (χ2v) is 14.8. The Kier molecular flexibility index (Phi) is 9.47. The van der Waals surface area contributed by atoms with Crippen LogP contribution in [0.5, 0.6) is 0 Å².